The fourth-order valence-electron chi connectivity index (χ4n) is 10.9. The summed E-state index contributed by atoms with van der Waals surface area (Å²) in [6.07, 6.45) is 4.35. The number of alkyl halides is 2. The molecule has 2 fully saturated rings. The van der Waals surface area contributed by atoms with Crippen LogP contribution in [0.1, 0.15) is 99.5 Å². The van der Waals surface area contributed by atoms with Gasteiger partial charge in [-0.25, -0.2) is 23.7 Å². The van der Waals surface area contributed by atoms with Gasteiger partial charge < -0.3 is 39.7 Å². The van der Waals surface area contributed by atoms with Gasteiger partial charge in [-0.3, -0.25) is 23.9 Å². The number of ether oxygens (including phenoxy) is 1. The molecule has 0 bridgehead atoms. The van der Waals surface area contributed by atoms with Gasteiger partial charge in [-0.2, -0.15) is 5.10 Å². The molecule has 4 aliphatic rings. The molecular formula is C53H61F2N11O6S. The molecule has 3 atom stereocenters. The molecule has 0 saturated carbocycles. The van der Waals surface area contributed by atoms with E-state index in [1.165, 1.54) is 11.2 Å². The number of hydrogen-bond acceptors (Lipinski definition) is 12. The summed E-state index contributed by atoms with van der Waals surface area (Å²) in [5.41, 5.74) is 8.16. The number of nitrogens with one attached hydrogen (secondary N) is 2. The fourth-order valence-corrected chi connectivity index (χ4v) is 11.7. The van der Waals surface area contributed by atoms with Crippen LogP contribution in [0.15, 0.2) is 60.6 Å². The molecule has 3 N–H and O–H groups in total. The van der Waals surface area contributed by atoms with Crippen molar-refractivity contribution in [2.45, 2.75) is 123 Å². The van der Waals surface area contributed by atoms with Gasteiger partial charge in [0.05, 0.1) is 34.8 Å². The second kappa shape index (κ2) is 20.3. The first-order chi connectivity index (χ1) is 35.0. The predicted molar refractivity (Wildman–Crippen MR) is 271 cm³/mol. The largest absolute Gasteiger partial charge is 0.391 e. The van der Waals surface area contributed by atoms with Gasteiger partial charge in [0.1, 0.15) is 30.6 Å². The lowest BCUT2D eigenvalue weighted by Crippen LogP contribution is -2.58. The van der Waals surface area contributed by atoms with Crippen LogP contribution >= 0.6 is 11.3 Å². The van der Waals surface area contributed by atoms with Crippen molar-refractivity contribution in [3.05, 3.63) is 94.3 Å². The third-order valence-corrected chi connectivity index (χ3v) is 15.7. The number of aryl methyl sites for hydroxylation is 2. The average molecular weight is 1020 g/mol. The molecule has 0 spiro atoms. The SMILES string of the molecule is CC(=O)N1CCc2c(c(N3CCCc4cc(-c5cn(CC(=O)N[C@H](C(=O)N6C[C@H](O)C[C@H]6C(=O)NCc6ccc(-c7scnc7C)cc6)C(C)(C)C)c6ncncc56)c(C(F)F)cc43)nn2C2CCOCC2)C1. The average Bonchev–Trinajstić information content (AvgIpc) is 4.18. The lowest BCUT2D eigenvalue weighted by Gasteiger charge is -2.35. The third-order valence-electron chi connectivity index (χ3n) is 14.8. The van der Waals surface area contributed by atoms with Crippen LogP contribution in [0.2, 0.25) is 0 Å². The number of β-amino-alcohol motifs (C(OH)–C–C–N with tert-alkyl or cyclic N) is 1. The molecule has 0 aliphatic carbocycles. The lowest BCUT2D eigenvalue weighted by atomic mass is 9.85. The third kappa shape index (κ3) is 9.95. The van der Waals surface area contributed by atoms with Gasteiger partial charge in [0, 0.05) is 105 Å². The number of carbonyl (C=O) groups is 4. The first-order valence-corrected chi connectivity index (χ1v) is 25.9. The zero-order valence-corrected chi connectivity index (χ0v) is 42.6. The Morgan fingerprint density at radius 2 is 1.79 bits per heavy atom. The topological polar surface area (TPSA) is 193 Å². The molecule has 73 heavy (non-hydrogen) atoms. The summed E-state index contributed by atoms with van der Waals surface area (Å²) in [6, 6.07) is 9.23. The van der Waals surface area contributed by atoms with Crippen LogP contribution < -0.4 is 15.5 Å². The van der Waals surface area contributed by atoms with Crippen molar-refractivity contribution < 1.29 is 37.8 Å². The van der Waals surface area contributed by atoms with E-state index in [0.717, 1.165) is 57.8 Å². The minimum atomic E-state index is -2.88. The number of likely N-dealkylation sites (tertiary alicyclic amines) is 1. The van der Waals surface area contributed by atoms with Crippen LogP contribution in [-0.2, 0) is 56.4 Å². The van der Waals surface area contributed by atoms with Gasteiger partial charge in [0.2, 0.25) is 23.6 Å². The number of rotatable bonds is 12. The van der Waals surface area contributed by atoms with E-state index in [1.54, 1.807) is 46.8 Å². The Kier molecular flexibility index (Phi) is 13.9. The van der Waals surface area contributed by atoms with Crippen LogP contribution in [0.25, 0.3) is 32.6 Å². The molecule has 6 aromatic rings. The van der Waals surface area contributed by atoms with E-state index in [0.29, 0.717) is 73.8 Å². The van der Waals surface area contributed by atoms with Crippen molar-refractivity contribution in [2.24, 2.45) is 5.41 Å². The molecule has 4 aromatic heterocycles. The van der Waals surface area contributed by atoms with Crippen molar-refractivity contribution in [3.8, 4) is 21.6 Å². The molecule has 17 nitrogen and oxygen atoms in total. The Balaban J connectivity index is 0.893. The molecule has 384 valence electrons. The van der Waals surface area contributed by atoms with Crippen LogP contribution in [0, 0.1) is 12.3 Å². The van der Waals surface area contributed by atoms with E-state index in [1.807, 2.05) is 67.8 Å². The smallest absolute Gasteiger partial charge is 0.264 e. The number of hydrogen-bond donors (Lipinski definition) is 3. The van der Waals surface area contributed by atoms with Crippen molar-refractivity contribution in [2.75, 3.05) is 37.7 Å². The van der Waals surface area contributed by atoms with Crippen molar-refractivity contribution in [3.63, 3.8) is 0 Å². The van der Waals surface area contributed by atoms with E-state index < -0.39 is 47.7 Å². The maximum atomic E-state index is 15.6. The summed E-state index contributed by atoms with van der Waals surface area (Å²) in [5, 5.41) is 22.3. The Bertz CT molecular complexity index is 3070. The van der Waals surface area contributed by atoms with Gasteiger partial charge in [-0.15, -0.1) is 11.3 Å². The zero-order valence-electron chi connectivity index (χ0n) is 41.7. The highest BCUT2D eigenvalue weighted by molar-refractivity contribution is 7.13. The highest BCUT2D eigenvalue weighted by Crippen LogP contribution is 2.45. The van der Waals surface area contributed by atoms with Crippen LogP contribution in [0.3, 0.4) is 0 Å². The predicted octanol–water partition coefficient (Wildman–Crippen LogP) is 6.81. The van der Waals surface area contributed by atoms with E-state index in [9.17, 15) is 24.3 Å². The second-order valence-corrected chi connectivity index (χ2v) is 21.6. The van der Waals surface area contributed by atoms with Gasteiger partial charge in [-0.1, -0.05) is 45.0 Å². The lowest BCUT2D eigenvalue weighted by molar-refractivity contribution is -0.144. The minimum absolute atomic E-state index is 0.0303. The standard InChI is InChI=1S/C53H61F2N11O6S/c1-30-46(73-29-59-30)33-10-8-32(9-11-33)22-57-51(70)44-20-36(68)24-65(44)52(71)47(53(3,4)5)60-45(69)27-63-25-40(39-23-56-28-58-49(39)63)37-19-34-7-6-15-64(43(34)21-38(37)48(54)55)50-41-26-62(31(2)67)16-12-42(41)66(61-50)35-13-17-72-18-14-35/h8-11,19,21,23,25,28-29,35-36,44,47-48,68H,6-7,12-18,20,22,24,26-27H2,1-5H3,(H,57,70)(H,60,69)/t36-,44+,47-/m1/s1. The normalized spacial score (nSPS) is 18.8. The molecular weight excluding hydrogens is 957 g/mol. The molecule has 4 aliphatic heterocycles. The summed E-state index contributed by atoms with van der Waals surface area (Å²) >= 11 is 1.56. The number of aliphatic hydroxyl groups is 1. The first kappa shape index (κ1) is 49.9. The van der Waals surface area contributed by atoms with Crippen molar-refractivity contribution >= 4 is 57.5 Å². The molecule has 20 heteroatoms. The molecule has 4 amide bonds. The Labute approximate surface area is 425 Å². The quantitative estimate of drug-likeness (QED) is 0.117. The number of aromatic nitrogens is 6. The molecule has 0 radical (unpaired) electrons. The summed E-state index contributed by atoms with van der Waals surface area (Å²) < 4.78 is 40.5. The van der Waals surface area contributed by atoms with Gasteiger partial charge in [-0.05, 0) is 72.4 Å². The number of aliphatic hydroxyl groups excluding tert-OH is 1. The number of amides is 4. The number of nitrogens with zero attached hydrogens (tertiary/aromatic N) is 9. The van der Waals surface area contributed by atoms with E-state index >= 15 is 8.78 Å². The van der Waals surface area contributed by atoms with E-state index in [2.05, 4.69) is 30.3 Å². The Hall–Kier alpha value is -6.64. The summed E-state index contributed by atoms with van der Waals surface area (Å²) in [6.45, 7) is 11.5. The number of halogens is 2. The van der Waals surface area contributed by atoms with Gasteiger partial charge >= 0.3 is 0 Å². The molecule has 0 unspecified atom stereocenters. The minimum Gasteiger partial charge on any atom is -0.391 e. The first-order valence-electron chi connectivity index (χ1n) is 25.0. The van der Waals surface area contributed by atoms with E-state index in [-0.39, 0.29) is 49.1 Å². The Morgan fingerprint density at radius 3 is 2.51 bits per heavy atom. The van der Waals surface area contributed by atoms with Crippen molar-refractivity contribution in [1.29, 1.82) is 0 Å². The highest BCUT2D eigenvalue weighted by Gasteiger charge is 2.45. The van der Waals surface area contributed by atoms with E-state index in [4.69, 9.17) is 9.84 Å². The van der Waals surface area contributed by atoms with Gasteiger partial charge in [0.25, 0.3) is 6.43 Å². The molecule has 2 saturated heterocycles. The molecule has 8 heterocycles. The van der Waals surface area contributed by atoms with Gasteiger partial charge in [0.15, 0.2) is 5.82 Å². The monoisotopic (exact) mass is 1020 g/mol. The van der Waals surface area contributed by atoms with Crippen LogP contribution in [0.5, 0.6) is 0 Å². The molecule has 10 rings (SSSR count). The summed E-state index contributed by atoms with van der Waals surface area (Å²) in [4.78, 5) is 74.4. The number of carbonyl (C=O) groups excluding carboxylic acids is 4. The zero-order chi connectivity index (χ0) is 51.3. The highest BCUT2D eigenvalue weighted by atomic mass is 32.1. The second-order valence-electron chi connectivity index (χ2n) is 20.7. The maximum Gasteiger partial charge on any atom is 0.264 e. The van der Waals surface area contributed by atoms with Crippen LogP contribution in [-0.4, -0.2) is 119 Å². The van der Waals surface area contributed by atoms with Crippen LogP contribution in [0.4, 0.5) is 20.3 Å². The van der Waals surface area contributed by atoms with Crippen molar-refractivity contribution in [1.82, 2.24) is 49.7 Å². The number of benzene rings is 2. The summed E-state index contributed by atoms with van der Waals surface area (Å²) in [7, 11) is 0. The number of fused-ring (bicyclic) bond motifs is 3. The molecule has 2 aromatic carbocycles. The number of thiazole rings is 1. The fraction of sp³-hybridized carbons (Fsp3) is 0.472. The maximum absolute atomic E-state index is 15.6. The Morgan fingerprint density at radius 1 is 1.01 bits per heavy atom. The number of anilines is 2. The summed E-state index contributed by atoms with van der Waals surface area (Å²) in [5.74, 6) is -0.827.